The SMILES string of the molecule is CCCCCCCCC=CCCCCCCCCC(C)[N+](O)(O)O. The number of hydroxylamine groups is 3. The number of allylic oxidation sites excluding steroid dienone is 2. The van der Waals surface area contributed by atoms with Crippen LogP contribution in [0.25, 0.3) is 0 Å². The van der Waals surface area contributed by atoms with Gasteiger partial charge in [0.25, 0.3) is 0 Å². The van der Waals surface area contributed by atoms with Gasteiger partial charge in [-0.1, -0.05) is 76.9 Å². The average molecular weight is 345 g/mol. The zero-order valence-corrected chi connectivity index (χ0v) is 16.1. The van der Waals surface area contributed by atoms with Crippen LogP contribution in [0.2, 0.25) is 0 Å². The smallest absolute Gasteiger partial charge is 0.146 e. The first kappa shape index (κ1) is 23.6. The van der Waals surface area contributed by atoms with Gasteiger partial charge in [0.05, 0.1) is 4.97 Å². The zero-order valence-electron chi connectivity index (χ0n) is 16.1. The molecule has 0 fully saturated rings. The first-order chi connectivity index (χ1) is 11.5. The number of hydrogen-bond acceptors (Lipinski definition) is 3. The molecule has 0 saturated carbocycles. The largest absolute Gasteiger partial charge is 0.184 e. The number of unbranched alkanes of at least 4 members (excludes halogenated alkanes) is 12. The first-order valence-corrected chi connectivity index (χ1v) is 10.2. The van der Waals surface area contributed by atoms with Crippen LogP contribution in [-0.2, 0) is 0 Å². The van der Waals surface area contributed by atoms with Gasteiger partial charge in [-0.05, 0) is 39.0 Å². The topological polar surface area (TPSA) is 60.7 Å². The van der Waals surface area contributed by atoms with Crippen molar-refractivity contribution < 1.29 is 20.6 Å². The van der Waals surface area contributed by atoms with Gasteiger partial charge in [0.15, 0.2) is 6.04 Å². The molecule has 0 aromatic heterocycles. The first-order valence-electron chi connectivity index (χ1n) is 10.2. The van der Waals surface area contributed by atoms with E-state index in [2.05, 4.69) is 19.1 Å². The third-order valence-corrected chi connectivity index (χ3v) is 4.73. The van der Waals surface area contributed by atoms with Crippen LogP contribution in [0.4, 0.5) is 0 Å². The molecule has 0 bridgehead atoms. The fraction of sp³-hybridized carbons (Fsp3) is 0.900. The van der Waals surface area contributed by atoms with Crippen molar-refractivity contribution in [2.45, 2.75) is 116 Å². The summed E-state index contributed by atoms with van der Waals surface area (Å²) < 4.78 is 0. The molecule has 0 heterocycles. The van der Waals surface area contributed by atoms with Crippen molar-refractivity contribution in [3.63, 3.8) is 0 Å². The van der Waals surface area contributed by atoms with Crippen molar-refractivity contribution in [1.82, 2.24) is 0 Å². The van der Waals surface area contributed by atoms with Crippen molar-refractivity contribution >= 4 is 0 Å². The zero-order chi connectivity index (χ0) is 18.1. The predicted octanol–water partition coefficient (Wildman–Crippen LogP) is 6.79. The third kappa shape index (κ3) is 16.4. The van der Waals surface area contributed by atoms with E-state index < -0.39 is 11.0 Å². The van der Waals surface area contributed by atoms with E-state index in [-0.39, 0.29) is 0 Å². The highest BCUT2D eigenvalue weighted by Crippen LogP contribution is 2.14. The van der Waals surface area contributed by atoms with Crippen LogP contribution >= 0.6 is 0 Å². The van der Waals surface area contributed by atoms with Gasteiger partial charge in [0.1, 0.15) is 0 Å². The monoisotopic (exact) mass is 344 g/mol. The predicted molar refractivity (Wildman–Crippen MR) is 99.2 cm³/mol. The van der Waals surface area contributed by atoms with Gasteiger partial charge < -0.3 is 0 Å². The summed E-state index contributed by atoms with van der Waals surface area (Å²) in [7, 11) is 0. The Morgan fingerprint density at radius 3 is 1.54 bits per heavy atom. The van der Waals surface area contributed by atoms with Crippen molar-refractivity contribution in [2.75, 3.05) is 0 Å². The molecular weight excluding hydrogens is 302 g/mol. The molecule has 0 aromatic rings. The molecule has 0 aromatic carbocycles. The van der Waals surface area contributed by atoms with Gasteiger partial charge >= 0.3 is 0 Å². The van der Waals surface area contributed by atoms with Crippen molar-refractivity contribution in [1.29, 1.82) is 0 Å². The van der Waals surface area contributed by atoms with Crippen molar-refractivity contribution in [3.05, 3.63) is 12.2 Å². The molecule has 0 rings (SSSR count). The Bertz CT molecular complexity index is 287. The lowest BCUT2D eigenvalue weighted by Crippen LogP contribution is -2.45. The molecule has 1 unspecified atom stereocenters. The van der Waals surface area contributed by atoms with E-state index >= 15 is 0 Å². The molecule has 144 valence electrons. The lowest BCUT2D eigenvalue weighted by atomic mass is 10.1. The van der Waals surface area contributed by atoms with Crippen molar-refractivity contribution in [3.8, 4) is 0 Å². The molecular formula is C20H42NO3+. The average Bonchev–Trinajstić information content (AvgIpc) is 2.53. The van der Waals surface area contributed by atoms with Crippen molar-refractivity contribution in [2.24, 2.45) is 0 Å². The van der Waals surface area contributed by atoms with E-state index in [1.807, 2.05) is 0 Å². The third-order valence-electron chi connectivity index (χ3n) is 4.73. The Morgan fingerprint density at radius 1 is 0.667 bits per heavy atom. The summed E-state index contributed by atoms with van der Waals surface area (Å²) in [5.74, 6) is 0. The maximum atomic E-state index is 8.95. The standard InChI is InChI=1S/C20H42NO3/c1-3-4-5-6-7-8-9-10-11-12-13-14-15-16-17-18-19-20(2)21(22,23)24/h10-11,20,22-24H,3-9,12-19H2,1-2H3/q+1. The molecule has 0 radical (unpaired) electrons. The Hall–Kier alpha value is -0.420. The van der Waals surface area contributed by atoms with Crippen LogP contribution in [-0.4, -0.2) is 26.6 Å². The summed E-state index contributed by atoms with van der Waals surface area (Å²) in [4.78, 5) is -1.90. The van der Waals surface area contributed by atoms with Gasteiger partial charge in [0, 0.05) is 6.42 Å². The van der Waals surface area contributed by atoms with Crippen LogP contribution in [0, 0.1) is 0 Å². The van der Waals surface area contributed by atoms with E-state index in [1.54, 1.807) is 6.92 Å². The van der Waals surface area contributed by atoms with Crippen LogP contribution in [0.5, 0.6) is 0 Å². The Kier molecular flexibility index (Phi) is 15.8. The molecule has 0 aliphatic carbocycles. The van der Waals surface area contributed by atoms with Crippen LogP contribution in [0.1, 0.15) is 110 Å². The number of rotatable bonds is 17. The van der Waals surface area contributed by atoms with Gasteiger partial charge in [0.2, 0.25) is 0 Å². The fourth-order valence-corrected chi connectivity index (χ4v) is 2.86. The van der Waals surface area contributed by atoms with Gasteiger partial charge in [-0.2, -0.15) is 0 Å². The van der Waals surface area contributed by atoms with E-state index in [0.29, 0.717) is 6.42 Å². The summed E-state index contributed by atoms with van der Waals surface area (Å²) in [6, 6.07) is -0.540. The summed E-state index contributed by atoms with van der Waals surface area (Å²) in [5.41, 5.74) is 0. The van der Waals surface area contributed by atoms with Crippen LogP contribution in [0.3, 0.4) is 0 Å². The minimum absolute atomic E-state index is 0.540. The molecule has 1 atom stereocenters. The minimum atomic E-state index is -1.90. The van der Waals surface area contributed by atoms with Crippen LogP contribution < -0.4 is 0 Å². The summed E-state index contributed by atoms with van der Waals surface area (Å²) in [6.45, 7) is 3.90. The quantitative estimate of drug-likeness (QED) is 0.118. The van der Waals surface area contributed by atoms with E-state index in [1.165, 1.54) is 77.0 Å². The normalized spacial score (nSPS) is 13.7. The highest BCUT2D eigenvalue weighted by atomic mass is 17.1. The van der Waals surface area contributed by atoms with Crippen LogP contribution in [0.15, 0.2) is 12.2 Å². The molecule has 3 N–H and O–H groups in total. The number of hydrogen-bond donors (Lipinski definition) is 3. The number of nitrogens with zero attached hydrogens (tertiary/aromatic N) is 1. The lowest BCUT2D eigenvalue weighted by Gasteiger charge is -2.18. The maximum absolute atomic E-state index is 8.95. The Morgan fingerprint density at radius 2 is 1.08 bits per heavy atom. The second-order valence-corrected chi connectivity index (χ2v) is 7.19. The van der Waals surface area contributed by atoms with Gasteiger partial charge in [-0.15, -0.1) is 15.6 Å². The number of quaternary nitrogens is 1. The molecule has 0 saturated heterocycles. The van der Waals surface area contributed by atoms with Gasteiger partial charge in [-0.25, -0.2) is 0 Å². The molecule has 0 aliphatic rings. The Balaban J connectivity index is 3.21. The Labute approximate surface area is 149 Å². The summed E-state index contributed by atoms with van der Waals surface area (Å²) in [6.07, 6.45) is 23.0. The molecule has 0 amide bonds. The fourth-order valence-electron chi connectivity index (χ4n) is 2.86. The summed E-state index contributed by atoms with van der Waals surface area (Å²) >= 11 is 0. The highest BCUT2D eigenvalue weighted by Gasteiger charge is 2.28. The highest BCUT2D eigenvalue weighted by molar-refractivity contribution is 4.81. The maximum Gasteiger partial charge on any atom is 0.184 e. The lowest BCUT2D eigenvalue weighted by molar-refractivity contribution is -1.38. The molecule has 4 heteroatoms. The summed E-state index contributed by atoms with van der Waals surface area (Å²) in [5, 5.41) is 26.9. The second kappa shape index (κ2) is 16.1. The van der Waals surface area contributed by atoms with Gasteiger partial charge in [-0.3, -0.25) is 0 Å². The van der Waals surface area contributed by atoms with E-state index in [4.69, 9.17) is 15.6 Å². The second-order valence-electron chi connectivity index (χ2n) is 7.19. The van der Waals surface area contributed by atoms with E-state index in [0.717, 1.165) is 12.8 Å². The molecule has 4 nitrogen and oxygen atoms in total. The molecule has 24 heavy (non-hydrogen) atoms. The van der Waals surface area contributed by atoms with E-state index in [9.17, 15) is 0 Å². The minimum Gasteiger partial charge on any atom is -0.146 e. The molecule has 0 spiro atoms. The molecule has 0 aliphatic heterocycles.